The van der Waals surface area contributed by atoms with Crippen LogP contribution in [-0.2, 0) is 38.4 Å². The summed E-state index contributed by atoms with van der Waals surface area (Å²) in [4.78, 5) is 15.2. The monoisotopic (exact) mass is 1090 g/mol. The van der Waals surface area contributed by atoms with Crippen molar-refractivity contribution in [1.82, 2.24) is 15.0 Å². The van der Waals surface area contributed by atoms with Crippen LogP contribution < -0.4 is 0 Å². The van der Waals surface area contributed by atoms with Gasteiger partial charge in [0.2, 0.25) is 0 Å². The second-order valence-electron chi connectivity index (χ2n) is 29.4. The first-order chi connectivity index (χ1) is 44.7. The van der Waals surface area contributed by atoms with Gasteiger partial charge in [-0.3, -0.25) is 15.0 Å². The number of rotatable bonds is 2. The first kappa shape index (κ1) is 39.8. The quantitative estimate of drug-likeness (QED) is 0.173. The lowest BCUT2D eigenvalue weighted by Crippen LogP contribution is -2.57. The minimum atomic E-state index is -2.58. The molecule has 7 aromatic rings. The minimum absolute atomic E-state index is 0.00921. The number of pyridine rings is 3. The van der Waals surface area contributed by atoms with Crippen LogP contribution in [-0.4, -0.2) is 15.0 Å². The molecule has 6 spiro atoms. The third-order valence-electron chi connectivity index (χ3n) is 22.6. The average molecular weight is 1090 g/mol. The van der Waals surface area contributed by atoms with E-state index in [-0.39, 0.29) is 53.1 Å². The average Bonchev–Trinajstić information content (AvgIpc) is 0.676. The highest BCUT2D eigenvalue weighted by Crippen LogP contribution is 2.74. The molecule has 3 aromatic heterocycles. The first-order valence-electron chi connectivity index (χ1n) is 38.1. The van der Waals surface area contributed by atoms with Crippen LogP contribution in [0.15, 0.2) is 146 Å². The molecule has 0 radical (unpaired) electrons. The molecule has 0 N–H and O–H groups in total. The van der Waals surface area contributed by atoms with Gasteiger partial charge in [-0.25, -0.2) is 0 Å². The Balaban J connectivity index is 0.879. The van der Waals surface area contributed by atoms with E-state index in [1.807, 2.05) is 42.7 Å². The predicted octanol–water partition coefficient (Wildman–Crippen LogP) is 20.2. The first-order valence-corrected chi connectivity index (χ1v) is 31.6. The molecule has 8 atom stereocenters. The van der Waals surface area contributed by atoms with Crippen molar-refractivity contribution in [1.29, 1.82) is 0 Å². The summed E-state index contributed by atoms with van der Waals surface area (Å²) in [5, 5.41) is 0. The zero-order valence-corrected chi connectivity index (χ0v) is 48.4. The summed E-state index contributed by atoms with van der Waals surface area (Å²) in [6.45, 7) is 4.57. The fraction of sp³-hybridized carbons (Fsp3) is 0.506. The number of nitrogens with zero attached hydrogens (tertiary/aromatic N) is 3. The summed E-state index contributed by atoms with van der Waals surface area (Å²) in [6.07, 6.45) is 4.27. The molecule has 8 unspecified atom stereocenters. The van der Waals surface area contributed by atoms with E-state index >= 15 is 0 Å². The largest absolute Gasteiger partial charge is 0.256 e. The summed E-state index contributed by atoms with van der Waals surface area (Å²) < 4.78 is 134. The molecule has 18 aliphatic carbocycles. The van der Waals surface area contributed by atoms with Gasteiger partial charge in [-0.1, -0.05) is 123 Å². The Morgan fingerprint density at radius 3 is 1.33 bits per heavy atom. The van der Waals surface area contributed by atoms with E-state index in [4.69, 9.17) is 15.0 Å². The maximum Gasteiger partial charge on any atom is 0.0708 e. The van der Waals surface area contributed by atoms with Crippen LogP contribution in [0.3, 0.4) is 0 Å². The molecule has 4 aromatic carbocycles. The molecule has 9 saturated carbocycles. The van der Waals surface area contributed by atoms with Crippen LogP contribution in [0.1, 0.15) is 218 Å². The number of aromatic nitrogens is 3. The molecule has 43 rings (SSSR count). The zero-order valence-electron chi connectivity index (χ0n) is 61.4. The van der Waals surface area contributed by atoms with E-state index in [2.05, 4.69) is 74.5 Å². The molecule has 9 fully saturated rings. The Kier molecular flexibility index (Phi) is 9.56. The van der Waals surface area contributed by atoms with Gasteiger partial charge in [0.05, 0.1) is 17.1 Å². The topological polar surface area (TPSA) is 38.7 Å². The van der Waals surface area contributed by atoms with Crippen molar-refractivity contribution < 1.29 is 17.8 Å². The molecule has 18 aliphatic heterocycles. The fourth-order valence-electron chi connectivity index (χ4n) is 19.5. The van der Waals surface area contributed by atoms with E-state index in [0.717, 1.165) is 102 Å². The Labute approximate surface area is 509 Å². The summed E-state index contributed by atoms with van der Waals surface area (Å²) in [5.41, 5.74) is 5.77. The van der Waals surface area contributed by atoms with Crippen LogP contribution in [0.25, 0.3) is 44.9 Å². The van der Waals surface area contributed by atoms with Crippen molar-refractivity contribution >= 4 is 0 Å². The van der Waals surface area contributed by atoms with Crippen LogP contribution in [0.5, 0.6) is 0 Å². The molecule has 3 nitrogen and oxygen atoms in total. The van der Waals surface area contributed by atoms with Gasteiger partial charge >= 0.3 is 0 Å². The molecule has 21 heterocycles. The summed E-state index contributed by atoms with van der Waals surface area (Å²) in [5.74, 6) is -0.787. The SMILES string of the molecule is [2H]C1(c2ccc(-c3cc4ncc3CC([2H])([2H])C35CC6CC7(CCc8ccc(nc8)-c8ccc(cc8)CCC89CC%10CC(C8)(CC(C%10)(C9)C([2H])([2H])C([2H])([2H])c8ccc-4cc8)C([2H])([2H])C([2H])([2H])c4ccc(cc4)-c4ccc(cn4)CC([2H])([2H])C(C6)(C7)C3)C5)cc2)CCC(C)(C)CC1. The normalized spacial score (nSPS) is 39.1. The van der Waals surface area contributed by atoms with E-state index in [9.17, 15) is 17.8 Å². The second-order valence-corrected chi connectivity index (χ2v) is 29.4. The lowest BCUT2D eigenvalue weighted by molar-refractivity contribution is -0.167. The van der Waals surface area contributed by atoms with Gasteiger partial charge in [0.15, 0.2) is 0 Å². The Morgan fingerprint density at radius 1 is 0.390 bits per heavy atom. The van der Waals surface area contributed by atoms with Crippen molar-refractivity contribution in [3.63, 3.8) is 0 Å². The van der Waals surface area contributed by atoms with Crippen molar-refractivity contribution in [2.45, 2.75) is 199 Å². The molecule has 420 valence electrons. The Bertz CT molecular complexity index is 4120. The van der Waals surface area contributed by atoms with Crippen LogP contribution in [0.4, 0.5) is 0 Å². The second kappa shape index (κ2) is 19.7. The van der Waals surface area contributed by atoms with Crippen molar-refractivity contribution in [3.8, 4) is 44.9 Å². The number of aryl methyl sites for hydroxylation is 6. The van der Waals surface area contributed by atoms with E-state index in [1.54, 1.807) is 42.6 Å². The molecule has 3 heteroatoms. The van der Waals surface area contributed by atoms with Crippen molar-refractivity contribution in [2.24, 2.45) is 49.7 Å². The van der Waals surface area contributed by atoms with Gasteiger partial charge in [0.1, 0.15) is 0 Å². The molecule has 0 saturated heterocycles. The molecular weight excluding hydrogens is 991 g/mol. The summed E-state index contributed by atoms with van der Waals surface area (Å²) in [7, 11) is 0. The Morgan fingerprint density at radius 2 is 0.805 bits per heavy atom. The molecule has 20 bridgehead atoms. The number of hydrogen-bond donors (Lipinski definition) is 0. The van der Waals surface area contributed by atoms with E-state index < -0.39 is 71.2 Å². The Hall–Kier alpha value is -5.67. The van der Waals surface area contributed by atoms with Crippen LogP contribution >= 0.6 is 0 Å². The molecule has 82 heavy (non-hydrogen) atoms. The summed E-state index contributed by atoms with van der Waals surface area (Å²) in [6, 6.07) is 40.8. The number of benzene rings is 4. The van der Waals surface area contributed by atoms with E-state index in [0.29, 0.717) is 93.1 Å². The lowest BCUT2D eigenvalue weighted by atomic mass is 9.37. The summed E-state index contributed by atoms with van der Waals surface area (Å²) >= 11 is 0. The molecule has 36 aliphatic rings. The highest BCUT2D eigenvalue weighted by molar-refractivity contribution is 5.73. The predicted molar refractivity (Wildman–Crippen MR) is 336 cm³/mol. The molecular formula is C79H89N3. The fourth-order valence-corrected chi connectivity index (χ4v) is 19.5. The van der Waals surface area contributed by atoms with E-state index in [1.165, 1.54) is 0 Å². The number of hydrogen-bond acceptors (Lipinski definition) is 3. The van der Waals surface area contributed by atoms with Crippen molar-refractivity contribution in [3.05, 3.63) is 185 Å². The maximum atomic E-state index is 10.8. The minimum Gasteiger partial charge on any atom is -0.256 e. The zero-order chi connectivity index (χ0) is 66.5. The standard InChI is InChI=1S/C79H89N3/c1-73(2)31-28-63(29-32-73)62-17-19-64(20-18-62)69-39-72-67-15-7-57(8-16-67)25-35-76-42-60-40-74(50-76)33-23-55-3-11-65(12-4-55)70-21-9-58(46-80-70)26-36-77-43-61-44-78(52-77,54-79(45-61,53-77)38-30-68(69)48-82-72)37-27-59-10-22-71(81-47-59)66-13-5-56(6-14-66)24-34-75(41-60,49-74)51-76/h3-22,39,46-48,60-61,63H,23-38,40-45,49-54H2,1-2H3/i23D2,25D2,33D2,35D2,36D2,38D2,63D. The van der Waals surface area contributed by atoms with Crippen LogP contribution in [0, 0.1) is 49.7 Å². The van der Waals surface area contributed by atoms with Gasteiger partial charge < -0.3 is 0 Å². The van der Waals surface area contributed by atoms with Gasteiger partial charge in [0.25, 0.3) is 0 Å². The van der Waals surface area contributed by atoms with Gasteiger partial charge in [-0.15, -0.1) is 0 Å². The third-order valence-corrected chi connectivity index (χ3v) is 22.6. The lowest BCUT2D eigenvalue weighted by Gasteiger charge is -2.67. The van der Waals surface area contributed by atoms with Crippen molar-refractivity contribution in [2.75, 3.05) is 0 Å². The van der Waals surface area contributed by atoms with Gasteiger partial charge in [-0.2, -0.15) is 0 Å². The third kappa shape index (κ3) is 9.86. The maximum absolute atomic E-state index is 10.8. The van der Waals surface area contributed by atoms with Gasteiger partial charge in [-0.05, 0) is 303 Å². The smallest absolute Gasteiger partial charge is 0.0708 e. The highest BCUT2D eigenvalue weighted by atomic mass is 14.7. The molecule has 0 amide bonds. The highest BCUT2D eigenvalue weighted by Gasteiger charge is 2.63. The van der Waals surface area contributed by atoms with Crippen LogP contribution in [0.2, 0.25) is 0 Å². The van der Waals surface area contributed by atoms with Gasteiger partial charge in [0, 0.05) is 53.1 Å².